The molecule has 0 unspecified atom stereocenters. The molecule has 0 spiro atoms. The molecule has 1 atom stereocenters. The summed E-state index contributed by atoms with van der Waals surface area (Å²) in [4.78, 5) is 25.7. The second kappa shape index (κ2) is 7.89. The van der Waals surface area contributed by atoms with Crippen LogP contribution >= 0.6 is 0 Å². The van der Waals surface area contributed by atoms with Gasteiger partial charge in [0.25, 0.3) is 0 Å². The Morgan fingerprint density at radius 1 is 1.31 bits per heavy atom. The van der Waals surface area contributed by atoms with Gasteiger partial charge in [0.2, 0.25) is 5.91 Å². The quantitative estimate of drug-likeness (QED) is 0.798. The van der Waals surface area contributed by atoms with Crippen molar-refractivity contribution < 1.29 is 4.79 Å². The number of rotatable bonds is 6. The molecule has 2 aromatic rings. The van der Waals surface area contributed by atoms with Gasteiger partial charge in [0.1, 0.15) is 11.6 Å². The van der Waals surface area contributed by atoms with Gasteiger partial charge in [0, 0.05) is 58.1 Å². The summed E-state index contributed by atoms with van der Waals surface area (Å²) in [5.74, 6) is 2.56. The van der Waals surface area contributed by atoms with E-state index < -0.39 is 0 Å². The number of amides is 1. The van der Waals surface area contributed by atoms with Gasteiger partial charge in [-0.15, -0.1) is 0 Å². The lowest BCUT2D eigenvalue weighted by molar-refractivity contribution is -0.132. The van der Waals surface area contributed by atoms with Crippen LogP contribution in [0.2, 0.25) is 0 Å². The fraction of sp³-hybridized carbons (Fsp3) is 0.550. The van der Waals surface area contributed by atoms with Crippen LogP contribution in [0.25, 0.3) is 0 Å². The second-order valence-electron chi connectivity index (χ2n) is 7.47. The molecule has 2 aromatic heterocycles. The van der Waals surface area contributed by atoms with Crippen molar-refractivity contribution in [3.05, 3.63) is 42.1 Å². The minimum Gasteiger partial charge on any atom is -0.363 e. The first-order valence-corrected chi connectivity index (χ1v) is 9.41. The molecule has 3 rings (SSSR count). The largest absolute Gasteiger partial charge is 0.363 e. The Labute approximate surface area is 155 Å². The summed E-state index contributed by atoms with van der Waals surface area (Å²) in [5, 5.41) is 0. The number of hydrogen-bond acceptors (Lipinski definition) is 4. The second-order valence-corrected chi connectivity index (χ2v) is 7.47. The highest BCUT2D eigenvalue weighted by Gasteiger charge is 2.30. The number of likely N-dealkylation sites (tertiary alicyclic amines) is 1. The average Bonchev–Trinajstić information content (AvgIpc) is 3.29. The molecule has 1 fully saturated rings. The van der Waals surface area contributed by atoms with Crippen LogP contribution in [0.1, 0.15) is 56.5 Å². The summed E-state index contributed by atoms with van der Waals surface area (Å²) in [6.07, 6.45) is 8.21. The SMILES string of the molecule is CC(C)c1nccn1CCC(=O)N1CCC[C@@H]1c1ccnc(N(C)C)c1. The summed E-state index contributed by atoms with van der Waals surface area (Å²) in [7, 11) is 3.97. The lowest BCUT2D eigenvalue weighted by Gasteiger charge is -2.26. The Bertz CT molecular complexity index is 752. The summed E-state index contributed by atoms with van der Waals surface area (Å²) in [6.45, 7) is 5.78. The molecule has 0 aromatic carbocycles. The molecule has 6 nitrogen and oxygen atoms in total. The Hall–Kier alpha value is -2.37. The summed E-state index contributed by atoms with van der Waals surface area (Å²) < 4.78 is 2.10. The molecule has 1 amide bonds. The number of anilines is 1. The highest BCUT2D eigenvalue weighted by molar-refractivity contribution is 5.77. The molecule has 6 heteroatoms. The van der Waals surface area contributed by atoms with Crippen molar-refractivity contribution in [1.29, 1.82) is 0 Å². The van der Waals surface area contributed by atoms with E-state index in [9.17, 15) is 4.79 Å². The molecule has 1 aliphatic heterocycles. The van der Waals surface area contributed by atoms with Crippen LogP contribution in [0.5, 0.6) is 0 Å². The van der Waals surface area contributed by atoms with Crippen LogP contribution in [-0.4, -0.2) is 46.0 Å². The smallest absolute Gasteiger partial charge is 0.224 e. The predicted molar refractivity (Wildman–Crippen MR) is 103 cm³/mol. The summed E-state index contributed by atoms with van der Waals surface area (Å²) >= 11 is 0. The standard InChI is InChI=1S/C20H29N5O/c1-15(2)20-22-10-13-24(20)12-8-19(26)25-11-5-6-17(25)16-7-9-21-18(14-16)23(3)4/h7,9-10,13-15,17H,5-6,8,11-12H2,1-4H3/t17-/m1/s1. The van der Waals surface area contributed by atoms with Gasteiger partial charge in [0.05, 0.1) is 6.04 Å². The molecule has 26 heavy (non-hydrogen) atoms. The molecule has 140 valence electrons. The first-order chi connectivity index (χ1) is 12.5. The van der Waals surface area contributed by atoms with Gasteiger partial charge in [-0.1, -0.05) is 13.8 Å². The van der Waals surface area contributed by atoms with Crippen LogP contribution in [0.4, 0.5) is 5.82 Å². The van der Waals surface area contributed by atoms with Crippen molar-refractivity contribution in [3.63, 3.8) is 0 Å². The molecule has 0 N–H and O–H groups in total. The molecule has 0 saturated carbocycles. The van der Waals surface area contributed by atoms with Gasteiger partial charge in [-0.05, 0) is 30.5 Å². The first-order valence-electron chi connectivity index (χ1n) is 9.41. The van der Waals surface area contributed by atoms with Gasteiger partial charge >= 0.3 is 0 Å². The molecular weight excluding hydrogens is 326 g/mol. The summed E-state index contributed by atoms with van der Waals surface area (Å²) in [6, 6.07) is 4.30. The van der Waals surface area contributed by atoms with E-state index >= 15 is 0 Å². The normalized spacial score (nSPS) is 17.1. The average molecular weight is 355 g/mol. The number of carbonyl (C=O) groups is 1. The number of aryl methyl sites for hydroxylation is 1. The third-order valence-corrected chi connectivity index (χ3v) is 5.02. The minimum absolute atomic E-state index is 0.163. The first kappa shape index (κ1) is 18.4. The molecule has 1 aliphatic rings. The zero-order valence-corrected chi connectivity index (χ0v) is 16.2. The molecule has 3 heterocycles. The van der Waals surface area contributed by atoms with E-state index in [-0.39, 0.29) is 11.9 Å². The third kappa shape index (κ3) is 3.89. The van der Waals surface area contributed by atoms with Crippen molar-refractivity contribution in [3.8, 4) is 0 Å². The zero-order valence-electron chi connectivity index (χ0n) is 16.2. The van der Waals surface area contributed by atoms with Crippen molar-refractivity contribution in [2.45, 2.75) is 51.6 Å². The van der Waals surface area contributed by atoms with Gasteiger partial charge in [-0.2, -0.15) is 0 Å². The maximum atomic E-state index is 12.9. The Balaban J connectivity index is 1.68. The van der Waals surface area contributed by atoms with Gasteiger partial charge in [0.15, 0.2) is 0 Å². The lowest BCUT2D eigenvalue weighted by atomic mass is 10.1. The van der Waals surface area contributed by atoms with Crippen LogP contribution in [0.15, 0.2) is 30.7 Å². The van der Waals surface area contributed by atoms with Crippen LogP contribution < -0.4 is 4.90 Å². The number of aromatic nitrogens is 3. The zero-order chi connectivity index (χ0) is 18.7. The van der Waals surface area contributed by atoms with E-state index in [1.165, 1.54) is 5.56 Å². The minimum atomic E-state index is 0.163. The van der Waals surface area contributed by atoms with Crippen molar-refractivity contribution in [2.75, 3.05) is 25.5 Å². The number of imidazole rings is 1. The van der Waals surface area contributed by atoms with E-state index in [2.05, 4.69) is 34.4 Å². The predicted octanol–water partition coefficient (Wildman–Crippen LogP) is 3.22. The molecular formula is C20H29N5O. The van der Waals surface area contributed by atoms with E-state index in [0.29, 0.717) is 18.9 Å². The maximum Gasteiger partial charge on any atom is 0.224 e. The Morgan fingerprint density at radius 2 is 2.12 bits per heavy atom. The van der Waals surface area contributed by atoms with E-state index in [4.69, 9.17) is 0 Å². The molecule has 0 bridgehead atoms. The van der Waals surface area contributed by atoms with Crippen molar-refractivity contribution in [1.82, 2.24) is 19.4 Å². The number of pyridine rings is 1. The van der Waals surface area contributed by atoms with Gasteiger partial charge < -0.3 is 14.4 Å². The Kier molecular flexibility index (Phi) is 5.59. The van der Waals surface area contributed by atoms with Gasteiger partial charge in [-0.25, -0.2) is 9.97 Å². The van der Waals surface area contributed by atoms with Gasteiger partial charge in [-0.3, -0.25) is 4.79 Å². The van der Waals surface area contributed by atoms with E-state index in [1.54, 1.807) is 0 Å². The fourth-order valence-electron chi connectivity index (χ4n) is 3.67. The van der Waals surface area contributed by atoms with Crippen LogP contribution in [0, 0.1) is 0 Å². The Morgan fingerprint density at radius 3 is 2.85 bits per heavy atom. The maximum absolute atomic E-state index is 12.9. The van der Waals surface area contributed by atoms with Crippen LogP contribution in [-0.2, 0) is 11.3 Å². The highest BCUT2D eigenvalue weighted by Crippen LogP contribution is 2.33. The number of hydrogen-bond donors (Lipinski definition) is 0. The molecule has 0 radical (unpaired) electrons. The number of carbonyl (C=O) groups excluding carboxylic acids is 1. The number of nitrogens with zero attached hydrogens (tertiary/aromatic N) is 5. The summed E-state index contributed by atoms with van der Waals surface area (Å²) in [5.41, 5.74) is 1.18. The molecule has 0 aliphatic carbocycles. The fourth-order valence-corrected chi connectivity index (χ4v) is 3.67. The monoisotopic (exact) mass is 355 g/mol. The van der Waals surface area contributed by atoms with Crippen molar-refractivity contribution in [2.24, 2.45) is 0 Å². The third-order valence-electron chi connectivity index (χ3n) is 5.02. The van der Waals surface area contributed by atoms with Crippen LogP contribution in [0.3, 0.4) is 0 Å². The molecule has 1 saturated heterocycles. The highest BCUT2D eigenvalue weighted by atomic mass is 16.2. The topological polar surface area (TPSA) is 54.3 Å². The lowest BCUT2D eigenvalue weighted by Crippen LogP contribution is -2.31. The van der Waals surface area contributed by atoms with Crippen molar-refractivity contribution >= 4 is 11.7 Å². The van der Waals surface area contributed by atoms with E-state index in [1.807, 2.05) is 48.6 Å². The van der Waals surface area contributed by atoms with E-state index in [0.717, 1.165) is 31.0 Å².